The third-order valence-electron chi connectivity index (χ3n) is 3.67. The fourth-order valence-electron chi connectivity index (χ4n) is 2.56. The Labute approximate surface area is 123 Å². The standard InChI is InChI=1S/C16H16N2OS/c20-16-18-17-15(19-16)14-10-8-13(9-11-14)7-3-6-12-4-1-2-5-12/h8-12H,1-2,4-6H2,(H,18,20). The number of H-pyrrole nitrogens is 1. The van der Waals surface area contributed by atoms with Crippen LogP contribution in [0.15, 0.2) is 28.7 Å². The molecule has 1 aliphatic carbocycles. The molecule has 0 saturated heterocycles. The molecule has 1 heterocycles. The first-order valence-electron chi connectivity index (χ1n) is 6.96. The third kappa shape index (κ3) is 3.17. The van der Waals surface area contributed by atoms with E-state index in [1.807, 2.05) is 24.3 Å². The number of benzene rings is 1. The summed E-state index contributed by atoms with van der Waals surface area (Å²) in [5.74, 6) is 7.85. The van der Waals surface area contributed by atoms with E-state index in [-0.39, 0.29) is 0 Å². The molecule has 0 bridgehead atoms. The Morgan fingerprint density at radius 2 is 2.00 bits per heavy atom. The van der Waals surface area contributed by atoms with E-state index >= 15 is 0 Å². The summed E-state index contributed by atoms with van der Waals surface area (Å²) in [5.41, 5.74) is 1.93. The summed E-state index contributed by atoms with van der Waals surface area (Å²) < 4.78 is 5.27. The topological polar surface area (TPSA) is 41.8 Å². The molecule has 0 radical (unpaired) electrons. The van der Waals surface area contributed by atoms with Crippen LogP contribution in [0.25, 0.3) is 11.5 Å². The Morgan fingerprint density at radius 1 is 1.25 bits per heavy atom. The van der Waals surface area contributed by atoms with Gasteiger partial charge in [-0.05, 0) is 55.2 Å². The first-order valence-corrected chi connectivity index (χ1v) is 7.37. The minimum absolute atomic E-state index is 0.292. The van der Waals surface area contributed by atoms with Gasteiger partial charge in [0.25, 0.3) is 4.84 Å². The molecule has 0 amide bonds. The first kappa shape index (κ1) is 13.1. The second-order valence-electron chi connectivity index (χ2n) is 5.15. The van der Waals surface area contributed by atoms with Crippen LogP contribution in [0.2, 0.25) is 0 Å². The largest absolute Gasteiger partial charge is 0.409 e. The maximum atomic E-state index is 5.27. The van der Waals surface area contributed by atoms with Gasteiger partial charge in [-0.25, -0.2) is 5.10 Å². The Hall–Kier alpha value is -1.86. The fourth-order valence-corrected chi connectivity index (χ4v) is 2.69. The van der Waals surface area contributed by atoms with Crippen LogP contribution in [-0.4, -0.2) is 10.2 Å². The third-order valence-corrected chi connectivity index (χ3v) is 3.84. The van der Waals surface area contributed by atoms with Gasteiger partial charge < -0.3 is 4.42 Å². The number of hydrogen-bond acceptors (Lipinski definition) is 3. The van der Waals surface area contributed by atoms with Crippen molar-refractivity contribution >= 4 is 12.2 Å². The highest BCUT2D eigenvalue weighted by Gasteiger charge is 2.12. The molecule has 1 aromatic carbocycles. The zero-order valence-corrected chi connectivity index (χ0v) is 12.0. The van der Waals surface area contributed by atoms with Crippen molar-refractivity contribution in [3.63, 3.8) is 0 Å². The molecule has 0 aliphatic heterocycles. The molecule has 1 aromatic heterocycles. The average molecular weight is 284 g/mol. The van der Waals surface area contributed by atoms with Gasteiger partial charge in [0.05, 0.1) is 0 Å². The molecule has 1 N–H and O–H groups in total. The Bertz CT molecular complexity index is 682. The van der Waals surface area contributed by atoms with Crippen molar-refractivity contribution in [3.05, 3.63) is 34.7 Å². The van der Waals surface area contributed by atoms with Crippen LogP contribution in [0.1, 0.15) is 37.7 Å². The van der Waals surface area contributed by atoms with E-state index in [0.29, 0.717) is 10.7 Å². The van der Waals surface area contributed by atoms with Crippen LogP contribution < -0.4 is 0 Å². The molecule has 1 saturated carbocycles. The maximum Gasteiger partial charge on any atom is 0.284 e. The molecule has 0 atom stereocenters. The molecule has 1 aliphatic rings. The van der Waals surface area contributed by atoms with E-state index in [0.717, 1.165) is 23.5 Å². The van der Waals surface area contributed by atoms with Gasteiger partial charge in [-0.1, -0.05) is 24.7 Å². The summed E-state index contributed by atoms with van der Waals surface area (Å²) >= 11 is 4.86. The highest BCUT2D eigenvalue weighted by atomic mass is 32.1. The quantitative estimate of drug-likeness (QED) is 0.659. The van der Waals surface area contributed by atoms with Crippen LogP contribution in [0.5, 0.6) is 0 Å². The van der Waals surface area contributed by atoms with Crippen molar-refractivity contribution in [3.8, 4) is 23.3 Å². The van der Waals surface area contributed by atoms with Crippen LogP contribution in [0.4, 0.5) is 0 Å². The zero-order valence-electron chi connectivity index (χ0n) is 11.2. The highest BCUT2D eigenvalue weighted by Crippen LogP contribution is 2.26. The zero-order chi connectivity index (χ0) is 13.8. The van der Waals surface area contributed by atoms with E-state index in [4.69, 9.17) is 16.6 Å². The summed E-state index contributed by atoms with van der Waals surface area (Å²) in [7, 11) is 0. The SMILES string of the molecule is S=c1[nH]nc(-c2ccc(C#CCC3CCCC3)cc2)o1. The molecule has 4 heteroatoms. The number of rotatable bonds is 2. The van der Waals surface area contributed by atoms with E-state index in [1.165, 1.54) is 25.7 Å². The molecule has 3 rings (SSSR count). The molecule has 1 fully saturated rings. The number of nitrogens with zero attached hydrogens (tertiary/aromatic N) is 1. The van der Waals surface area contributed by atoms with Crippen LogP contribution in [0, 0.1) is 22.6 Å². The molecule has 3 nitrogen and oxygen atoms in total. The van der Waals surface area contributed by atoms with Crippen molar-refractivity contribution in [1.29, 1.82) is 0 Å². The van der Waals surface area contributed by atoms with E-state index in [1.54, 1.807) is 0 Å². The van der Waals surface area contributed by atoms with Crippen LogP contribution in [0.3, 0.4) is 0 Å². The lowest BCUT2D eigenvalue weighted by Crippen LogP contribution is -1.89. The van der Waals surface area contributed by atoms with Gasteiger partial charge in [-0.3, -0.25) is 0 Å². The molecular formula is C16H16N2OS. The van der Waals surface area contributed by atoms with Crippen LogP contribution >= 0.6 is 12.2 Å². The molecule has 102 valence electrons. The van der Waals surface area contributed by atoms with E-state index < -0.39 is 0 Å². The van der Waals surface area contributed by atoms with Gasteiger partial charge in [0, 0.05) is 17.5 Å². The number of aromatic amines is 1. The Kier molecular flexibility index (Phi) is 3.98. The van der Waals surface area contributed by atoms with Gasteiger partial charge in [0.1, 0.15) is 0 Å². The van der Waals surface area contributed by atoms with Crippen molar-refractivity contribution in [2.24, 2.45) is 5.92 Å². The van der Waals surface area contributed by atoms with Crippen LogP contribution in [-0.2, 0) is 0 Å². The molecule has 2 aromatic rings. The Morgan fingerprint density at radius 3 is 2.65 bits per heavy atom. The first-order chi connectivity index (χ1) is 9.81. The molecule has 0 unspecified atom stereocenters. The van der Waals surface area contributed by atoms with Gasteiger partial charge >= 0.3 is 0 Å². The second kappa shape index (κ2) is 6.06. The van der Waals surface area contributed by atoms with E-state index in [9.17, 15) is 0 Å². The maximum absolute atomic E-state index is 5.27. The molecule has 0 spiro atoms. The number of nitrogens with one attached hydrogen (secondary N) is 1. The normalized spacial score (nSPS) is 15.0. The van der Waals surface area contributed by atoms with Gasteiger partial charge in [-0.2, -0.15) is 0 Å². The monoisotopic (exact) mass is 284 g/mol. The predicted molar refractivity (Wildman–Crippen MR) is 80.6 cm³/mol. The summed E-state index contributed by atoms with van der Waals surface area (Å²) in [4.78, 5) is 0.292. The summed E-state index contributed by atoms with van der Waals surface area (Å²) in [6.07, 6.45) is 6.46. The molecule has 20 heavy (non-hydrogen) atoms. The predicted octanol–water partition coefficient (Wildman–Crippen LogP) is 4.33. The number of aromatic nitrogens is 2. The van der Waals surface area contributed by atoms with Gasteiger partial charge in [-0.15, -0.1) is 5.10 Å². The van der Waals surface area contributed by atoms with Crippen molar-refractivity contribution in [2.75, 3.05) is 0 Å². The smallest absolute Gasteiger partial charge is 0.284 e. The van der Waals surface area contributed by atoms with Gasteiger partial charge in [0.15, 0.2) is 0 Å². The van der Waals surface area contributed by atoms with Crippen molar-refractivity contribution in [1.82, 2.24) is 10.2 Å². The highest BCUT2D eigenvalue weighted by molar-refractivity contribution is 7.71. The minimum atomic E-state index is 0.292. The van der Waals surface area contributed by atoms with Crippen molar-refractivity contribution < 1.29 is 4.42 Å². The summed E-state index contributed by atoms with van der Waals surface area (Å²) in [5, 5.41) is 6.62. The summed E-state index contributed by atoms with van der Waals surface area (Å²) in [6.45, 7) is 0. The van der Waals surface area contributed by atoms with Crippen molar-refractivity contribution in [2.45, 2.75) is 32.1 Å². The Balaban J connectivity index is 1.67. The van der Waals surface area contributed by atoms with E-state index in [2.05, 4.69) is 22.0 Å². The average Bonchev–Trinajstić information content (AvgIpc) is 3.11. The second-order valence-corrected chi connectivity index (χ2v) is 5.52. The fraction of sp³-hybridized carbons (Fsp3) is 0.375. The van der Waals surface area contributed by atoms with Gasteiger partial charge in [0.2, 0.25) is 5.89 Å². The lowest BCUT2D eigenvalue weighted by Gasteiger charge is -2.00. The summed E-state index contributed by atoms with van der Waals surface area (Å²) in [6, 6.07) is 7.89. The lowest BCUT2D eigenvalue weighted by molar-refractivity contribution is 0.552. The minimum Gasteiger partial charge on any atom is -0.409 e. The number of hydrogen-bond donors (Lipinski definition) is 1. The molecular weight excluding hydrogens is 268 g/mol. The lowest BCUT2D eigenvalue weighted by atomic mass is 10.0.